The molecular formula is C19H18BrClN2O4. The van der Waals surface area contributed by atoms with E-state index in [-0.39, 0.29) is 18.6 Å². The van der Waals surface area contributed by atoms with Crippen molar-refractivity contribution in [2.24, 2.45) is 0 Å². The molecule has 2 N–H and O–H groups in total. The number of alkyl halides is 1. The van der Waals surface area contributed by atoms with E-state index in [0.717, 1.165) is 10.9 Å². The number of anilines is 1. The summed E-state index contributed by atoms with van der Waals surface area (Å²) in [4.78, 5) is 24.6. The Morgan fingerprint density at radius 1 is 1.11 bits per heavy atom. The molecule has 2 amide bonds. The van der Waals surface area contributed by atoms with Gasteiger partial charge in [-0.15, -0.1) is 0 Å². The largest absolute Gasteiger partial charge is 0.454 e. The van der Waals surface area contributed by atoms with Crippen molar-refractivity contribution in [1.29, 1.82) is 0 Å². The number of carbonyl (C=O) groups excluding carboxylic acids is 2. The molecule has 0 saturated heterocycles. The summed E-state index contributed by atoms with van der Waals surface area (Å²) in [6.07, 6.45) is 1.08. The fourth-order valence-corrected chi connectivity index (χ4v) is 3.03. The third kappa shape index (κ3) is 5.14. The second-order valence-electron chi connectivity index (χ2n) is 5.90. The first-order chi connectivity index (χ1) is 13.1. The second-order valence-corrected chi connectivity index (χ2v) is 7.13. The highest BCUT2D eigenvalue weighted by Gasteiger charge is 2.16. The second kappa shape index (κ2) is 9.10. The van der Waals surface area contributed by atoms with E-state index in [2.05, 4.69) is 26.6 Å². The highest BCUT2D eigenvalue weighted by molar-refractivity contribution is 9.09. The van der Waals surface area contributed by atoms with E-state index >= 15 is 0 Å². The number of carbonyl (C=O) groups is 2. The number of rotatable bonds is 7. The van der Waals surface area contributed by atoms with Gasteiger partial charge in [0.2, 0.25) is 12.7 Å². The zero-order valence-corrected chi connectivity index (χ0v) is 16.7. The van der Waals surface area contributed by atoms with Crippen LogP contribution in [0.4, 0.5) is 5.69 Å². The van der Waals surface area contributed by atoms with Crippen LogP contribution in [0.3, 0.4) is 0 Å². The van der Waals surface area contributed by atoms with Crippen molar-refractivity contribution in [2.75, 3.05) is 17.4 Å². The normalized spacial score (nSPS) is 11.9. The van der Waals surface area contributed by atoms with E-state index in [4.69, 9.17) is 21.1 Å². The summed E-state index contributed by atoms with van der Waals surface area (Å²) in [7, 11) is 0. The van der Waals surface area contributed by atoms with E-state index in [1.54, 1.807) is 18.2 Å². The van der Waals surface area contributed by atoms with Crippen molar-refractivity contribution >= 4 is 45.0 Å². The van der Waals surface area contributed by atoms with Crippen molar-refractivity contribution in [2.45, 2.75) is 19.4 Å². The maximum atomic E-state index is 12.6. The van der Waals surface area contributed by atoms with Crippen LogP contribution >= 0.6 is 27.5 Å². The Morgan fingerprint density at radius 3 is 2.74 bits per heavy atom. The highest BCUT2D eigenvalue weighted by Crippen LogP contribution is 2.32. The van der Waals surface area contributed by atoms with Gasteiger partial charge in [0.25, 0.3) is 5.91 Å². The van der Waals surface area contributed by atoms with E-state index < -0.39 is 0 Å². The summed E-state index contributed by atoms with van der Waals surface area (Å²) in [5, 5.41) is 6.77. The Bertz CT molecular complexity index is 860. The van der Waals surface area contributed by atoms with Gasteiger partial charge in [0, 0.05) is 23.3 Å². The van der Waals surface area contributed by atoms with Crippen molar-refractivity contribution < 1.29 is 19.1 Å². The third-order valence-corrected chi connectivity index (χ3v) is 4.72. The molecule has 8 heteroatoms. The number of hydrogen-bond acceptors (Lipinski definition) is 4. The molecule has 0 aromatic heterocycles. The number of ether oxygens (including phenoxy) is 2. The quantitative estimate of drug-likeness (QED) is 0.619. The van der Waals surface area contributed by atoms with E-state index in [9.17, 15) is 9.59 Å². The average Bonchev–Trinajstić information content (AvgIpc) is 3.13. The highest BCUT2D eigenvalue weighted by atomic mass is 79.9. The first-order valence-corrected chi connectivity index (χ1v) is 9.89. The SMILES string of the molecule is O=C(CCCBr)Nc1ccc(Cl)cc1C(=O)NCc1ccc2c(c1)OCO2. The van der Waals surface area contributed by atoms with Crippen LogP contribution in [-0.4, -0.2) is 23.9 Å². The van der Waals surface area contributed by atoms with Gasteiger partial charge in [0.1, 0.15) is 0 Å². The van der Waals surface area contributed by atoms with Crippen LogP contribution in [0.15, 0.2) is 36.4 Å². The number of fused-ring (bicyclic) bond motifs is 1. The Labute approximate surface area is 170 Å². The predicted molar refractivity (Wildman–Crippen MR) is 107 cm³/mol. The van der Waals surface area contributed by atoms with Crippen molar-refractivity contribution in [3.05, 3.63) is 52.5 Å². The molecule has 1 aliphatic rings. The molecule has 0 atom stereocenters. The maximum Gasteiger partial charge on any atom is 0.253 e. The van der Waals surface area contributed by atoms with E-state index in [1.807, 2.05) is 12.1 Å². The minimum absolute atomic E-state index is 0.151. The minimum atomic E-state index is -0.328. The number of nitrogens with one attached hydrogen (secondary N) is 2. The molecule has 6 nitrogen and oxygen atoms in total. The van der Waals surface area contributed by atoms with E-state index in [0.29, 0.717) is 47.2 Å². The van der Waals surface area contributed by atoms with Gasteiger partial charge in [-0.05, 0) is 42.3 Å². The molecule has 1 heterocycles. The molecular weight excluding hydrogens is 436 g/mol. The summed E-state index contributed by atoms with van der Waals surface area (Å²) in [5.41, 5.74) is 1.62. The summed E-state index contributed by atoms with van der Waals surface area (Å²) in [6.45, 7) is 0.505. The topological polar surface area (TPSA) is 76.7 Å². The van der Waals surface area contributed by atoms with Crippen LogP contribution in [0, 0.1) is 0 Å². The van der Waals surface area contributed by atoms with Crippen LogP contribution in [-0.2, 0) is 11.3 Å². The lowest BCUT2D eigenvalue weighted by Crippen LogP contribution is -2.25. The number of hydrogen-bond donors (Lipinski definition) is 2. The lowest BCUT2D eigenvalue weighted by atomic mass is 10.1. The zero-order valence-electron chi connectivity index (χ0n) is 14.4. The van der Waals surface area contributed by atoms with Crippen molar-refractivity contribution in [3.8, 4) is 11.5 Å². The third-order valence-electron chi connectivity index (χ3n) is 3.93. The lowest BCUT2D eigenvalue weighted by Gasteiger charge is -2.12. The molecule has 0 aliphatic carbocycles. The number of benzene rings is 2. The van der Waals surface area contributed by atoms with Gasteiger partial charge in [-0.3, -0.25) is 9.59 Å². The van der Waals surface area contributed by atoms with Crippen LogP contribution < -0.4 is 20.1 Å². The van der Waals surface area contributed by atoms with Gasteiger partial charge >= 0.3 is 0 Å². The maximum absolute atomic E-state index is 12.6. The molecule has 2 aromatic carbocycles. The first kappa shape index (κ1) is 19.5. The van der Waals surface area contributed by atoms with Crippen LogP contribution in [0.5, 0.6) is 11.5 Å². The van der Waals surface area contributed by atoms with E-state index in [1.165, 1.54) is 6.07 Å². The average molecular weight is 454 g/mol. The first-order valence-electron chi connectivity index (χ1n) is 8.39. The molecule has 2 aromatic rings. The molecule has 1 aliphatic heterocycles. The lowest BCUT2D eigenvalue weighted by molar-refractivity contribution is -0.116. The van der Waals surface area contributed by atoms with Gasteiger partial charge in [-0.2, -0.15) is 0 Å². The zero-order chi connectivity index (χ0) is 19.2. The fourth-order valence-electron chi connectivity index (χ4n) is 2.58. The number of amides is 2. The van der Waals surface area contributed by atoms with Crippen LogP contribution in [0.25, 0.3) is 0 Å². The summed E-state index contributed by atoms with van der Waals surface area (Å²) < 4.78 is 10.6. The Morgan fingerprint density at radius 2 is 1.93 bits per heavy atom. The van der Waals surface area contributed by atoms with Crippen molar-refractivity contribution in [1.82, 2.24) is 5.32 Å². The Kier molecular flexibility index (Phi) is 6.58. The summed E-state index contributed by atoms with van der Waals surface area (Å²) in [6, 6.07) is 10.3. The molecule has 27 heavy (non-hydrogen) atoms. The molecule has 0 unspecified atom stereocenters. The van der Waals surface area contributed by atoms with Crippen LogP contribution in [0.1, 0.15) is 28.8 Å². The van der Waals surface area contributed by atoms with Gasteiger partial charge < -0.3 is 20.1 Å². The standard InChI is InChI=1S/C19H18BrClN2O4/c20-7-1-2-18(24)23-15-5-4-13(21)9-14(15)19(25)22-10-12-3-6-16-17(8-12)27-11-26-16/h3-6,8-9H,1-2,7,10-11H2,(H,22,25)(H,23,24). The monoisotopic (exact) mass is 452 g/mol. The van der Waals surface area contributed by atoms with Crippen LogP contribution in [0.2, 0.25) is 5.02 Å². The molecule has 0 bridgehead atoms. The van der Waals surface area contributed by atoms with Crippen molar-refractivity contribution in [3.63, 3.8) is 0 Å². The molecule has 0 spiro atoms. The molecule has 142 valence electrons. The molecule has 0 fully saturated rings. The predicted octanol–water partition coefficient (Wildman–Crippen LogP) is 4.11. The fraction of sp³-hybridized carbons (Fsp3) is 0.263. The smallest absolute Gasteiger partial charge is 0.253 e. The minimum Gasteiger partial charge on any atom is -0.454 e. The van der Waals surface area contributed by atoms with Gasteiger partial charge in [0.15, 0.2) is 11.5 Å². The Balaban J connectivity index is 1.68. The van der Waals surface area contributed by atoms with Gasteiger partial charge in [-0.1, -0.05) is 33.6 Å². The van der Waals surface area contributed by atoms with Gasteiger partial charge in [0.05, 0.1) is 11.3 Å². The summed E-state index contributed by atoms with van der Waals surface area (Å²) in [5.74, 6) is 0.866. The van der Waals surface area contributed by atoms with Gasteiger partial charge in [-0.25, -0.2) is 0 Å². The number of halogens is 2. The Hall–Kier alpha value is -2.25. The molecule has 3 rings (SSSR count). The molecule has 0 saturated carbocycles. The molecule has 0 radical (unpaired) electrons. The summed E-state index contributed by atoms with van der Waals surface area (Å²) >= 11 is 9.33.